The van der Waals surface area contributed by atoms with Crippen LogP contribution >= 0.6 is 11.6 Å². The number of nitrogens with zero attached hydrogens (tertiary/aromatic N) is 2. The highest BCUT2D eigenvalue weighted by atomic mass is 35.5. The topological polar surface area (TPSA) is 86.8 Å². The Labute approximate surface area is 236 Å². The number of amides is 2. The van der Waals surface area contributed by atoms with E-state index in [1.165, 1.54) is 23.1 Å². The first kappa shape index (κ1) is 30.2. The monoisotopic (exact) mass is 569 g/mol. The number of carbonyl (C=O) groups excluding carboxylic acids is 2. The summed E-state index contributed by atoms with van der Waals surface area (Å²) in [5, 5.41) is 3.24. The first-order valence-electron chi connectivity index (χ1n) is 12.9. The van der Waals surface area contributed by atoms with E-state index in [4.69, 9.17) is 11.6 Å². The van der Waals surface area contributed by atoms with E-state index in [9.17, 15) is 18.0 Å². The molecule has 0 aromatic heterocycles. The van der Waals surface area contributed by atoms with Gasteiger partial charge in [-0.05, 0) is 69.5 Å². The minimum absolute atomic E-state index is 0.0480. The summed E-state index contributed by atoms with van der Waals surface area (Å²) < 4.78 is 28.9. The fourth-order valence-electron chi connectivity index (χ4n) is 4.27. The lowest BCUT2D eigenvalue weighted by atomic mass is 10.1. The van der Waals surface area contributed by atoms with Crippen molar-refractivity contribution < 1.29 is 18.0 Å². The van der Waals surface area contributed by atoms with Crippen LogP contribution in [0.3, 0.4) is 0 Å². The molecular formula is C30H36ClN3O4S. The van der Waals surface area contributed by atoms with Crippen molar-refractivity contribution in [2.75, 3.05) is 10.8 Å². The fraction of sp³-hybridized carbons (Fsp3) is 0.333. The van der Waals surface area contributed by atoms with Gasteiger partial charge in [-0.1, -0.05) is 72.6 Å². The molecule has 0 aliphatic rings. The van der Waals surface area contributed by atoms with Crippen LogP contribution in [0.4, 0.5) is 5.69 Å². The number of hydrogen-bond donors (Lipinski definition) is 1. The van der Waals surface area contributed by atoms with E-state index in [-0.39, 0.29) is 23.4 Å². The SMILES string of the molecule is CC[C@H](C(=O)NC(C)C)N(Cc1ccc(C)cc1)C(=O)CN(c1cc(Cl)ccc1C)S(=O)(=O)c1ccccc1. The van der Waals surface area contributed by atoms with Crippen molar-refractivity contribution in [2.45, 2.75) is 64.6 Å². The zero-order chi connectivity index (χ0) is 28.7. The number of aryl methyl sites for hydroxylation is 2. The van der Waals surface area contributed by atoms with Gasteiger partial charge in [0.25, 0.3) is 10.0 Å². The molecule has 0 aliphatic heterocycles. The second kappa shape index (κ2) is 13.1. The van der Waals surface area contributed by atoms with E-state index in [1.807, 2.05) is 52.0 Å². The third kappa shape index (κ3) is 7.61. The van der Waals surface area contributed by atoms with E-state index >= 15 is 0 Å². The summed E-state index contributed by atoms with van der Waals surface area (Å²) in [4.78, 5) is 28.8. The number of anilines is 1. The minimum atomic E-state index is -4.15. The average Bonchev–Trinajstić information content (AvgIpc) is 2.89. The van der Waals surface area contributed by atoms with Gasteiger partial charge in [-0.3, -0.25) is 13.9 Å². The van der Waals surface area contributed by atoms with Gasteiger partial charge in [0, 0.05) is 17.6 Å². The van der Waals surface area contributed by atoms with Crippen LogP contribution < -0.4 is 9.62 Å². The summed E-state index contributed by atoms with van der Waals surface area (Å²) in [5.41, 5.74) is 2.84. The van der Waals surface area contributed by atoms with Crippen LogP contribution in [0.5, 0.6) is 0 Å². The molecule has 3 aromatic carbocycles. The molecule has 3 aromatic rings. The third-order valence-electron chi connectivity index (χ3n) is 6.34. The van der Waals surface area contributed by atoms with Gasteiger partial charge in [0.2, 0.25) is 11.8 Å². The van der Waals surface area contributed by atoms with Gasteiger partial charge < -0.3 is 10.2 Å². The molecule has 9 heteroatoms. The lowest BCUT2D eigenvalue weighted by Gasteiger charge is -2.34. The van der Waals surface area contributed by atoms with Gasteiger partial charge >= 0.3 is 0 Å². The Hall–Kier alpha value is -3.36. The maximum atomic E-state index is 14.1. The molecule has 208 valence electrons. The highest BCUT2D eigenvalue weighted by molar-refractivity contribution is 7.92. The highest BCUT2D eigenvalue weighted by Crippen LogP contribution is 2.30. The number of sulfonamides is 1. The van der Waals surface area contributed by atoms with E-state index in [0.29, 0.717) is 22.7 Å². The Bertz CT molecular complexity index is 1390. The van der Waals surface area contributed by atoms with Crippen molar-refractivity contribution in [1.29, 1.82) is 0 Å². The minimum Gasteiger partial charge on any atom is -0.352 e. The second-order valence-corrected chi connectivity index (χ2v) is 12.1. The fourth-order valence-corrected chi connectivity index (χ4v) is 5.93. The quantitative estimate of drug-likeness (QED) is 0.331. The van der Waals surface area contributed by atoms with Gasteiger partial charge in [-0.2, -0.15) is 0 Å². The lowest BCUT2D eigenvalue weighted by Crippen LogP contribution is -2.53. The van der Waals surface area contributed by atoms with E-state index in [1.54, 1.807) is 37.3 Å². The number of carbonyl (C=O) groups is 2. The van der Waals surface area contributed by atoms with Crippen LogP contribution in [-0.2, 0) is 26.2 Å². The average molecular weight is 570 g/mol. The van der Waals surface area contributed by atoms with E-state index in [2.05, 4.69) is 5.32 Å². The molecule has 0 unspecified atom stereocenters. The number of hydrogen-bond acceptors (Lipinski definition) is 4. The molecule has 0 heterocycles. The Balaban J connectivity index is 2.09. The molecule has 0 spiro atoms. The summed E-state index contributed by atoms with van der Waals surface area (Å²) in [6.07, 6.45) is 0.359. The van der Waals surface area contributed by atoms with Crippen molar-refractivity contribution in [2.24, 2.45) is 0 Å². The maximum Gasteiger partial charge on any atom is 0.264 e. The third-order valence-corrected chi connectivity index (χ3v) is 8.35. The predicted octanol–water partition coefficient (Wildman–Crippen LogP) is 5.48. The van der Waals surface area contributed by atoms with E-state index < -0.39 is 28.5 Å². The molecule has 0 radical (unpaired) electrons. The molecule has 39 heavy (non-hydrogen) atoms. The van der Waals surface area contributed by atoms with Gasteiger partial charge in [0.1, 0.15) is 12.6 Å². The molecular weight excluding hydrogens is 534 g/mol. The molecule has 3 rings (SSSR count). The van der Waals surface area contributed by atoms with Crippen molar-refractivity contribution >= 4 is 39.1 Å². The summed E-state index contributed by atoms with van der Waals surface area (Å²) in [6, 6.07) is 19.7. The van der Waals surface area contributed by atoms with Crippen LogP contribution in [0.15, 0.2) is 77.7 Å². The number of rotatable bonds is 11. The summed E-state index contributed by atoms with van der Waals surface area (Å²) in [5.74, 6) is -0.787. The van der Waals surface area contributed by atoms with Gasteiger partial charge in [-0.25, -0.2) is 8.42 Å². The summed E-state index contributed by atoms with van der Waals surface area (Å²) >= 11 is 6.27. The van der Waals surface area contributed by atoms with Crippen LogP contribution in [0.25, 0.3) is 0 Å². The summed E-state index contributed by atoms with van der Waals surface area (Å²) in [7, 11) is -4.15. The lowest BCUT2D eigenvalue weighted by molar-refractivity contribution is -0.140. The smallest absolute Gasteiger partial charge is 0.264 e. The molecule has 0 aliphatic carbocycles. The molecule has 0 fully saturated rings. The van der Waals surface area contributed by atoms with Crippen molar-refractivity contribution in [3.8, 4) is 0 Å². The van der Waals surface area contributed by atoms with Crippen molar-refractivity contribution in [3.05, 3.63) is 94.5 Å². The van der Waals surface area contributed by atoms with Crippen LogP contribution in [0.2, 0.25) is 5.02 Å². The van der Waals surface area contributed by atoms with Crippen LogP contribution in [0.1, 0.15) is 43.9 Å². The zero-order valence-electron chi connectivity index (χ0n) is 23.0. The highest BCUT2D eigenvalue weighted by Gasteiger charge is 2.34. The maximum absolute atomic E-state index is 14.1. The Kier molecular flexibility index (Phi) is 10.2. The largest absolute Gasteiger partial charge is 0.352 e. The number of nitrogens with one attached hydrogen (secondary N) is 1. The number of halogens is 1. The molecule has 2 amide bonds. The molecule has 0 bridgehead atoms. The van der Waals surface area contributed by atoms with Crippen LogP contribution in [0, 0.1) is 13.8 Å². The first-order chi connectivity index (χ1) is 18.4. The number of benzene rings is 3. The Morgan fingerprint density at radius 3 is 2.18 bits per heavy atom. The summed E-state index contributed by atoms with van der Waals surface area (Å²) in [6.45, 7) is 8.92. The van der Waals surface area contributed by atoms with Crippen LogP contribution in [-0.4, -0.2) is 43.8 Å². The molecule has 1 atom stereocenters. The first-order valence-corrected chi connectivity index (χ1v) is 14.7. The van der Waals surface area contributed by atoms with Crippen molar-refractivity contribution in [3.63, 3.8) is 0 Å². The molecule has 7 nitrogen and oxygen atoms in total. The van der Waals surface area contributed by atoms with Gasteiger partial charge in [0.15, 0.2) is 0 Å². The van der Waals surface area contributed by atoms with Gasteiger partial charge in [-0.15, -0.1) is 0 Å². The second-order valence-electron chi connectivity index (χ2n) is 9.85. The Morgan fingerprint density at radius 1 is 0.949 bits per heavy atom. The van der Waals surface area contributed by atoms with Crippen molar-refractivity contribution in [1.82, 2.24) is 10.2 Å². The van der Waals surface area contributed by atoms with E-state index in [0.717, 1.165) is 15.4 Å². The standard InChI is InChI=1S/C30H36ClN3O4S/c1-6-27(30(36)32-21(2)3)33(19-24-15-12-22(4)13-16-24)29(35)20-34(28-18-25(31)17-14-23(28)5)39(37,38)26-10-8-7-9-11-26/h7-18,21,27H,6,19-20H2,1-5H3,(H,32,36)/t27-/m1/s1. The molecule has 0 saturated heterocycles. The predicted molar refractivity (Wildman–Crippen MR) is 156 cm³/mol. The molecule has 0 saturated carbocycles. The normalized spacial score (nSPS) is 12.2. The van der Waals surface area contributed by atoms with Gasteiger partial charge in [0.05, 0.1) is 10.6 Å². The molecule has 1 N–H and O–H groups in total. The Morgan fingerprint density at radius 2 is 1.59 bits per heavy atom. The zero-order valence-corrected chi connectivity index (χ0v) is 24.6.